The van der Waals surface area contributed by atoms with Gasteiger partial charge in [-0.2, -0.15) is 0 Å². The summed E-state index contributed by atoms with van der Waals surface area (Å²) >= 11 is 5.80. The molecular formula is C14H10ClFN3O3-. The van der Waals surface area contributed by atoms with Crippen LogP contribution in [0, 0.1) is 5.82 Å². The number of nitrogens with zero attached hydrogens (tertiary/aromatic N) is 2. The van der Waals surface area contributed by atoms with Crippen LogP contribution in [-0.4, -0.2) is 23.0 Å². The van der Waals surface area contributed by atoms with Crippen LogP contribution in [0.2, 0.25) is 5.02 Å². The van der Waals surface area contributed by atoms with Crippen molar-refractivity contribution in [2.45, 2.75) is 0 Å². The average Bonchev–Trinajstić information content (AvgIpc) is 2.46. The normalized spacial score (nSPS) is 10.3. The molecule has 1 aromatic carbocycles. The molecule has 6 nitrogen and oxygen atoms in total. The Morgan fingerprint density at radius 1 is 1.50 bits per heavy atom. The molecule has 0 saturated carbocycles. The molecular weight excluding hydrogens is 313 g/mol. The summed E-state index contributed by atoms with van der Waals surface area (Å²) in [6, 6.07) is 2.67. The fraction of sp³-hybridized carbons (Fsp3) is 0.0714. The third-order valence-corrected chi connectivity index (χ3v) is 3.16. The largest absolute Gasteiger partial charge is 0.543 e. The van der Waals surface area contributed by atoms with Gasteiger partial charge in [-0.3, -0.25) is 0 Å². The van der Waals surface area contributed by atoms with Crippen molar-refractivity contribution in [2.24, 2.45) is 0 Å². The topological polar surface area (TPSA) is 101 Å². The first-order valence-electron chi connectivity index (χ1n) is 5.94. The highest BCUT2D eigenvalue weighted by atomic mass is 35.5. The van der Waals surface area contributed by atoms with E-state index >= 15 is 0 Å². The predicted molar refractivity (Wildman–Crippen MR) is 77.8 cm³/mol. The smallest absolute Gasteiger partial charge is 0.177 e. The van der Waals surface area contributed by atoms with Crippen LogP contribution in [0.4, 0.5) is 10.2 Å². The number of carboxylic acids is 1. The minimum Gasteiger partial charge on any atom is -0.543 e. The van der Waals surface area contributed by atoms with Gasteiger partial charge in [0.05, 0.1) is 29.4 Å². The molecule has 0 fully saturated rings. The molecule has 0 amide bonds. The van der Waals surface area contributed by atoms with E-state index in [0.29, 0.717) is 0 Å². The van der Waals surface area contributed by atoms with Crippen LogP contribution in [0.25, 0.3) is 17.5 Å². The minimum atomic E-state index is -1.58. The van der Waals surface area contributed by atoms with Gasteiger partial charge in [0, 0.05) is 5.56 Å². The first-order chi connectivity index (χ1) is 10.4. The molecule has 2 aromatic rings. The molecule has 0 saturated heterocycles. The SMILES string of the molecule is C=Cc1c(N)nc(-c2ccc(Cl)c(OC)c2F)nc1C(=O)[O-]. The van der Waals surface area contributed by atoms with Crippen molar-refractivity contribution < 1.29 is 19.0 Å². The molecule has 22 heavy (non-hydrogen) atoms. The number of carbonyl (C=O) groups is 1. The van der Waals surface area contributed by atoms with E-state index in [2.05, 4.69) is 16.5 Å². The zero-order chi connectivity index (χ0) is 16.4. The Bertz CT molecular complexity index is 780. The zero-order valence-electron chi connectivity index (χ0n) is 11.4. The predicted octanol–water partition coefficient (Wildman–Crippen LogP) is 1.53. The third kappa shape index (κ3) is 2.58. The van der Waals surface area contributed by atoms with Crippen molar-refractivity contribution in [3.05, 3.63) is 40.8 Å². The number of carbonyl (C=O) groups excluding carboxylic acids is 1. The average molecular weight is 323 g/mol. The van der Waals surface area contributed by atoms with E-state index in [1.807, 2.05) is 0 Å². The lowest BCUT2D eigenvalue weighted by Crippen LogP contribution is -2.26. The van der Waals surface area contributed by atoms with Crippen molar-refractivity contribution >= 4 is 29.5 Å². The molecule has 0 spiro atoms. The summed E-state index contributed by atoms with van der Waals surface area (Å²) in [5, 5.41) is 11.2. The molecule has 2 rings (SSSR count). The standard InChI is InChI=1S/C14H11ClFN3O3/c1-3-6-10(14(20)21)18-13(19-12(6)17)7-4-5-8(15)11(22-2)9(7)16/h3-5H,1H2,2H3,(H,20,21)(H2,17,18,19)/p-1. The van der Waals surface area contributed by atoms with Crippen molar-refractivity contribution in [1.29, 1.82) is 0 Å². The maximum absolute atomic E-state index is 14.4. The summed E-state index contributed by atoms with van der Waals surface area (Å²) in [5.74, 6) is -3.00. The van der Waals surface area contributed by atoms with Gasteiger partial charge in [-0.05, 0) is 12.1 Å². The molecule has 0 unspecified atom stereocenters. The van der Waals surface area contributed by atoms with Crippen molar-refractivity contribution in [2.75, 3.05) is 12.8 Å². The molecule has 8 heteroatoms. The van der Waals surface area contributed by atoms with Crippen LogP contribution < -0.4 is 15.6 Å². The number of anilines is 1. The van der Waals surface area contributed by atoms with Crippen molar-refractivity contribution in [3.63, 3.8) is 0 Å². The molecule has 0 aliphatic heterocycles. The van der Waals surface area contributed by atoms with E-state index in [0.717, 1.165) is 0 Å². The molecule has 0 bridgehead atoms. The number of hydrogen-bond donors (Lipinski definition) is 1. The molecule has 2 N–H and O–H groups in total. The summed E-state index contributed by atoms with van der Waals surface area (Å²) in [5.41, 5.74) is 5.08. The third-order valence-electron chi connectivity index (χ3n) is 2.87. The molecule has 1 heterocycles. The highest BCUT2D eigenvalue weighted by Gasteiger charge is 2.19. The van der Waals surface area contributed by atoms with Gasteiger partial charge < -0.3 is 20.4 Å². The Morgan fingerprint density at radius 2 is 2.18 bits per heavy atom. The maximum atomic E-state index is 14.4. The fourth-order valence-electron chi connectivity index (χ4n) is 1.86. The van der Waals surface area contributed by atoms with Gasteiger partial charge in [0.15, 0.2) is 17.4 Å². The quantitative estimate of drug-likeness (QED) is 0.916. The zero-order valence-corrected chi connectivity index (χ0v) is 12.1. The van der Waals surface area contributed by atoms with E-state index in [9.17, 15) is 14.3 Å². The Kier molecular flexibility index (Phi) is 4.27. The lowest BCUT2D eigenvalue weighted by molar-refractivity contribution is -0.255. The van der Waals surface area contributed by atoms with Crippen LogP contribution in [0.5, 0.6) is 5.75 Å². The number of nitrogen functional groups attached to an aromatic ring is 1. The number of carboxylic acid groups (broad SMARTS) is 1. The fourth-order valence-corrected chi connectivity index (χ4v) is 2.08. The number of nitrogens with two attached hydrogens (primary N) is 1. The van der Waals surface area contributed by atoms with E-state index in [4.69, 9.17) is 22.1 Å². The molecule has 0 atom stereocenters. The second-order valence-electron chi connectivity index (χ2n) is 4.13. The minimum absolute atomic E-state index is 0.00471. The number of aromatic carboxylic acids is 1. The van der Waals surface area contributed by atoms with Crippen molar-refractivity contribution in [3.8, 4) is 17.1 Å². The summed E-state index contributed by atoms with van der Waals surface area (Å²) in [7, 11) is 1.25. The maximum Gasteiger partial charge on any atom is 0.177 e. The lowest BCUT2D eigenvalue weighted by Gasteiger charge is -2.13. The van der Waals surface area contributed by atoms with E-state index < -0.39 is 17.5 Å². The Hall–Kier alpha value is -2.67. The molecule has 0 aliphatic carbocycles. The monoisotopic (exact) mass is 322 g/mol. The van der Waals surface area contributed by atoms with Crippen LogP contribution >= 0.6 is 11.6 Å². The second kappa shape index (κ2) is 5.98. The molecule has 1 aromatic heterocycles. The number of aromatic nitrogens is 2. The van der Waals surface area contributed by atoms with Crippen LogP contribution in [-0.2, 0) is 0 Å². The summed E-state index contributed by atoms with van der Waals surface area (Å²) in [6.07, 6.45) is 1.18. The number of benzene rings is 1. The second-order valence-corrected chi connectivity index (χ2v) is 4.54. The number of hydrogen-bond acceptors (Lipinski definition) is 6. The van der Waals surface area contributed by atoms with E-state index in [1.54, 1.807) is 0 Å². The number of rotatable bonds is 4. The Morgan fingerprint density at radius 3 is 2.73 bits per heavy atom. The van der Waals surface area contributed by atoms with Gasteiger partial charge in [-0.25, -0.2) is 14.4 Å². The highest BCUT2D eigenvalue weighted by molar-refractivity contribution is 6.32. The van der Waals surface area contributed by atoms with Gasteiger partial charge in [0.25, 0.3) is 0 Å². The first-order valence-corrected chi connectivity index (χ1v) is 6.32. The van der Waals surface area contributed by atoms with Gasteiger partial charge in [-0.1, -0.05) is 24.3 Å². The van der Waals surface area contributed by atoms with Gasteiger partial charge in [0.2, 0.25) is 0 Å². The number of halogens is 2. The van der Waals surface area contributed by atoms with E-state index in [1.165, 1.54) is 25.3 Å². The summed E-state index contributed by atoms with van der Waals surface area (Å²) < 4.78 is 19.2. The molecule has 0 radical (unpaired) electrons. The molecule has 0 aliphatic rings. The first kappa shape index (κ1) is 15.7. The summed E-state index contributed by atoms with van der Waals surface area (Å²) in [4.78, 5) is 18.8. The van der Waals surface area contributed by atoms with Gasteiger partial charge in [0.1, 0.15) is 5.82 Å². The van der Waals surface area contributed by atoms with E-state index in [-0.39, 0.29) is 33.5 Å². The van der Waals surface area contributed by atoms with Crippen LogP contribution in [0.3, 0.4) is 0 Å². The summed E-state index contributed by atoms with van der Waals surface area (Å²) in [6.45, 7) is 3.43. The number of ether oxygens (including phenoxy) is 1. The van der Waals surface area contributed by atoms with Crippen LogP contribution in [0.15, 0.2) is 18.7 Å². The lowest BCUT2D eigenvalue weighted by atomic mass is 10.1. The van der Waals surface area contributed by atoms with Gasteiger partial charge >= 0.3 is 0 Å². The Labute approximate surface area is 130 Å². The Balaban J connectivity index is 2.74. The van der Waals surface area contributed by atoms with Crippen molar-refractivity contribution in [1.82, 2.24) is 9.97 Å². The highest BCUT2D eigenvalue weighted by Crippen LogP contribution is 2.34. The molecule has 114 valence electrons. The number of methoxy groups -OCH3 is 1. The van der Waals surface area contributed by atoms with Crippen LogP contribution in [0.1, 0.15) is 16.1 Å². The van der Waals surface area contributed by atoms with Gasteiger partial charge in [-0.15, -0.1) is 0 Å².